The number of imide groups is 1. The zero-order valence-corrected chi connectivity index (χ0v) is 17.1. The van der Waals surface area contributed by atoms with Crippen LogP contribution >= 0.6 is 0 Å². The van der Waals surface area contributed by atoms with Crippen LogP contribution in [0.15, 0.2) is 48.5 Å². The lowest BCUT2D eigenvalue weighted by Crippen LogP contribution is -2.47. The van der Waals surface area contributed by atoms with E-state index in [0.717, 1.165) is 53.0 Å². The highest BCUT2D eigenvalue weighted by Crippen LogP contribution is 2.39. The van der Waals surface area contributed by atoms with Crippen molar-refractivity contribution in [2.75, 3.05) is 11.4 Å². The van der Waals surface area contributed by atoms with E-state index in [4.69, 9.17) is 0 Å². The summed E-state index contributed by atoms with van der Waals surface area (Å²) in [7, 11) is 0. The number of rotatable bonds is 2. The minimum absolute atomic E-state index is 0.00299. The van der Waals surface area contributed by atoms with Crippen molar-refractivity contribution in [3.63, 3.8) is 0 Å². The average molecular weight is 403 g/mol. The van der Waals surface area contributed by atoms with Gasteiger partial charge in [0.25, 0.3) is 5.91 Å². The molecule has 6 nitrogen and oxygen atoms in total. The highest BCUT2D eigenvalue weighted by molar-refractivity contribution is 6.11. The van der Waals surface area contributed by atoms with Crippen LogP contribution in [0.2, 0.25) is 0 Å². The van der Waals surface area contributed by atoms with Gasteiger partial charge in [0, 0.05) is 11.7 Å². The molecule has 0 radical (unpaired) electrons. The third-order valence-electron chi connectivity index (χ3n) is 6.67. The minimum Gasteiger partial charge on any atom is -0.319 e. The van der Waals surface area contributed by atoms with Crippen LogP contribution < -0.4 is 10.2 Å². The Hall–Kier alpha value is -3.15. The van der Waals surface area contributed by atoms with Crippen molar-refractivity contribution >= 4 is 23.5 Å². The molecule has 0 bridgehead atoms. The zero-order valence-electron chi connectivity index (χ0n) is 17.1. The number of benzene rings is 2. The smallest absolute Gasteiger partial charge is 0.319 e. The first kappa shape index (κ1) is 18.9. The maximum Gasteiger partial charge on any atom is 0.325 e. The fourth-order valence-electron chi connectivity index (χ4n) is 5.27. The monoisotopic (exact) mass is 403 g/mol. The highest BCUT2D eigenvalue weighted by atomic mass is 16.2. The Labute approximate surface area is 175 Å². The maximum absolute atomic E-state index is 13.6. The number of hydrogen-bond donors (Lipinski definition) is 1. The molecule has 6 heteroatoms. The van der Waals surface area contributed by atoms with E-state index in [2.05, 4.69) is 5.32 Å². The molecule has 0 unspecified atom stereocenters. The molecule has 1 N–H and O–H groups in total. The van der Waals surface area contributed by atoms with Gasteiger partial charge in [-0.25, -0.2) is 4.79 Å². The van der Waals surface area contributed by atoms with Gasteiger partial charge in [0.05, 0.1) is 0 Å². The number of carbonyl (C=O) groups is 3. The van der Waals surface area contributed by atoms with E-state index in [1.807, 2.05) is 55.5 Å². The van der Waals surface area contributed by atoms with Gasteiger partial charge in [0.1, 0.15) is 12.1 Å². The number of urea groups is 1. The van der Waals surface area contributed by atoms with Crippen LogP contribution in [-0.2, 0) is 28.0 Å². The number of nitrogens with one attached hydrogen (secondary N) is 1. The standard InChI is InChI=1S/C24H25N3O3/c1-16-14-18-10-3-5-12-20(18)27(16)21(28)15-26-22(29)24(25-23(26)30)13-7-6-9-17-8-2-4-11-19(17)24/h2-5,8,10-12,16H,6-7,9,13-15H2,1H3,(H,25,30)/t16-,24-/m1/s1. The fourth-order valence-corrected chi connectivity index (χ4v) is 5.27. The Morgan fingerprint density at radius 1 is 1.07 bits per heavy atom. The largest absolute Gasteiger partial charge is 0.325 e. The number of hydrogen-bond acceptors (Lipinski definition) is 3. The summed E-state index contributed by atoms with van der Waals surface area (Å²) < 4.78 is 0. The van der Waals surface area contributed by atoms with Gasteiger partial charge >= 0.3 is 6.03 Å². The molecule has 0 aromatic heterocycles. The summed E-state index contributed by atoms with van der Waals surface area (Å²) in [5.41, 5.74) is 2.90. The lowest BCUT2D eigenvalue weighted by atomic mass is 9.84. The van der Waals surface area contributed by atoms with E-state index in [-0.39, 0.29) is 24.4 Å². The lowest BCUT2D eigenvalue weighted by molar-refractivity contribution is -0.135. The van der Waals surface area contributed by atoms with Gasteiger partial charge in [0.15, 0.2) is 0 Å². The van der Waals surface area contributed by atoms with Gasteiger partial charge in [0.2, 0.25) is 5.91 Å². The molecule has 3 aliphatic rings. The molecular formula is C24H25N3O3. The number of amides is 4. The van der Waals surface area contributed by atoms with Crippen molar-refractivity contribution < 1.29 is 14.4 Å². The number of aryl methyl sites for hydroxylation is 1. The maximum atomic E-state index is 13.6. The highest BCUT2D eigenvalue weighted by Gasteiger charge is 2.54. The number of carbonyl (C=O) groups excluding carboxylic acids is 3. The van der Waals surface area contributed by atoms with Gasteiger partial charge in [-0.05, 0) is 61.8 Å². The molecular weight excluding hydrogens is 378 g/mol. The Bertz CT molecular complexity index is 1050. The quantitative estimate of drug-likeness (QED) is 0.784. The van der Waals surface area contributed by atoms with Crippen LogP contribution in [0.3, 0.4) is 0 Å². The van der Waals surface area contributed by atoms with E-state index >= 15 is 0 Å². The van der Waals surface area contributed by atoms with Gasteiger partial charge in [-0.1, -0.05) is 42.5 Å². The van der Waals surface area contributed by atoms with E-state index in [0.29, 0.717) is 6.42 Å². The van der Waals surface area contributed by atoms with Crippen LogP contribution in [0.1, 0.15) is 42.9 Å². The van der Waals surface area contributed by atoms with Crippen molar-refractivity contribution in [2.45, 2.75) is 50.6 Å². The molecule has 1 saturated heterocycles. The van der Waals surface area contributed by atoms with Crippen molar-refractivity contribution in [3.8, 4) is 0 Å². The number of fused-ring (bicyclic) bond motifs is 3. The summed E-state index contributed by atoms with van der Waals surface area (Å²) in [5.74, 6) is -0.537. The van der Waals surface area contributed by atoms with Crippen molar-refractivity contribution in [1.29, 1.82) is 0 Å². The van der Waals surface area contributed by atoms with Crippen LogP contribution in [0, 0.1) is 0 Å². The average Bonchev–Trinajstić information content (AvgIpc) is 3.11. The number of nitrogens with zero attached hydrogens (tertiary/aromatic N) is 2. The second-order valence-electron chi connectivity index (χ2n) is 8.54. The van der Waals surface area contributed by atoms with Gasteiger partial charge in [-0.3, -0.25) is 14.5 Å². The summed E-state index contributed by atoms with van der Waals surface area (Å²) in [6.45, 7) is 1.75. The zero-order chi connectivity index (χ0) is 20.9. The molecule has 2 aromatic rings. The second-order valence-corrected chi connectivity index (χ2v) is 8.54. The van der Waals surface area contributed by atoms with Crippen LogP contribution in [0.25, 0.3) is 0 Å². The normalized spacial score (nSPS) is 25.2. The van der Waals surface area contributed by atoms with Gasteiger partial charge in [-0.2, -0.15) is 0 Å². The first-order chi connectivity index (χ1) is 14.5. The molecule has 2 aromatic carbocycles. The lowest BCUT2D eigenvalue weighted by Gasteiger charge is -2.28. The summed E-state index contributed by atoms with van der Waals surface area (Å²) in [6, 6.07) is 15.2. The Morgan fingerprint density at radius 2 is 1.80 bits per heavy atom. The summed E-state index contributed by atoms with van der Waals surface area (Å²) in [6.07, 6.45) is 4.05. The number of para-hydroxylation sites is 1. The van der Waals surface area contributed by atoms with E-state index in [9.17, 15) is 14.4 Å². The molecule has 2 heterocycles. The molecule has 154 valence electrons. The fraction of sp³-hybridized carbons (Fsp3) is 0.375. The summed E-state index contributed by atoms with van der Waals surface area (Å²) >= 11 is 0. The van der Waals surface area contributed by atoms with Gasteiger partial charge in [-0.15, -0.1) is 0 Å². The second kappa shape index (κ2) is 6.97. The number of anilines is 1. The topological polar surface area (TPSA) is 69.7 Å². The Morgan fingerprint density at radius 3 is 2.63 bits per heavy atom. The molecule has 0 saturated carbocycles. The first-order valence-electron chi connectivity index (χ1n) is 10.6. The third kappa shape index (κ3) is 2.74. The predicted molar refractivity (Wildman–Crippen MR) is 113 cm³/mol. The van der Waals surface area contributed by atoms with E-state index < -0.39 is 11.6 Å². The summed E-state index contributed by atoms with van der Waals surface area (Å²) in [4.78, 5) is 42.5. The van der Waals surface area contributed by atoms with Crippen LogP contribution in [-0.4, -0.2) is 35.3 Å². The van der Waals surface area contributed by atoms with Crippen LogP contribution in [0.5, 0.6) is 0 Å². The molecule has 1 spiro atoms. The molecule has 4 amide bonds. The van der Waals surface area contributed by atoms with Crippen LogP contribution in [0.4, 0.5) is 10.5 Å². The Kier molecular flexibility index (Phi) is 4.38. The molecule has 1 fully saturated rings. The van der Waals surface area contributed by atoms with Crippen molar-refractivity contribution in [1.82, 2.24) is 10.2 Å². The van der Waals surface area contributed by atoms with E-state index in [1.165, 1.54) is 0 Å². The van der Waals surface area contributed by atoms with E-state index in [1.54, 1.807) is 4.90 Å². The Balaban J connectivity index is 1.44. The SMILES string of the molecule is C[C@@H]1Cc2ccccc2N1C(=O)CN1C(=O)N[C@@]2(CCCCc3ccccc32)C1=O. The third-order valence-corrected chi connectivity index (χ3v) is 6.67. The molecule has 1 aliphatic carbocycles. The summed E-state index contributed by atoms with van der Waals surface area (Å²) in [5, 5.41) is 2.96. The molecule has 2 aliphatic heterocycles. The first-order valence-corrected chi connectivity index (χ1v) is 10.6. The predicted octanol–water partition coefficient (Wildman–Crippen LogP) is 3.14. The molecule has 5 rings (SSSR count). The van der Waals surface area contributed by atoms with Crippen molar-refractivity contribution in [2.24, 2.45) is 0 Å². The molecule has 2 atom stereocenters. The minimum atomic E-state index is -1.06. The van der Waals surface area contributed by atoms with Crippen molar-refractivity contribution in [3.05, 3.63) is 65.2 Å². The van der Waals surface area contributed by atoms with Gasteiger partial charge < -0.3 is 10.2 Å². The molecule has 30 heavy (non-hydrogen) atoms.